The maximum atomic E-state index is 12.0. The largest absolute Gasteiger partial charge is 0.322 e. The summed E-state index contributed by atoms with van der Waals surface area (Å²) in [7, 11) is 0. The van der Waals surface area contributed by atoms with E-state index in [9.17, 15) is 4.79 Å². The van der Waals surface area contributed by atoms with Crippen molar-refractivity contribution in [3.05, 3.63) is 50.1 Å². The Balaban J connectivity index is 2.11. The Labute approximate surface area is 124 Å². The highest BCUT2D eigenvalue weighted by molar-refractivity contribution is 7.20. The van der Waals surface area contributed by atoms with Crippen LogP contribution in [0, 0.1) is 11.3 Å². The second-order valence-corrected chi connectivity index (χ2v) is 6.01. The molecule has 2 rings (SSSR count). The minimum Gasteiger partial charge on any atom is -0.322 e. The van der Waals surface area contributed by atoms with Crippen LogP contribution in [0.4, 0.5) is 5.69 Å². The molecule has 1 N–H and O–H groups in total. The highest BCUT2D eigenvalue weighted by Gasteiger charge is 2.14. The summed E-state index contributed by atoms with van der Waals surface area (Å²) in [6.07, 6.45) is 0.347. The second-order valence-electron chi connectivity index (χ2n) is 3.72. The van der Waals surface area contributed by atoms with Crippen LogP contribution in [0.3, 0.4) is 0 Å². The van der Waals surface area contributed by atoms with E-state index in [4.69, 9.17) is 28.5 Å². The van der Waals surface area contributed by atoms with E-state index in [1.54, 1.807) is 24.3 Å². The second kappa shape index (κ2) is 6.07. The lowest BCUT2D eigenvalue weighted by molar-refractivity contribution is 0.102. The molecule has 1 aromatic heterocycles. The average Bonchev–Trinajstić information content (AvgIpc) is 2.71. The zero-order valence-corrected chi connectivity index (χ0v) is 11.9. The lowest BCUT2D eigenvalue weighted by atomic mass is 10.1. The molecule has 0 fully saturated rings. The van der Waals surface area contributed by atoms with Gasteiger partial charge in [0.15, 0.2) is 0 Å². The molecule has 0 radical (unpaired) electrons. The summed E-state index contributed by atoms with van der Waals surface area (Å²) in [6.45, 7) is 0. The van der Waals surface area contributed by atoms with Crippen LogP contribution in [0.2, 0.25) is 8.67 Å². The summed E-state index contributed by atoms with van der Waals surface area (Å²) in [4.78, 5) is 12.0. The molecule has 0 aliphatic carbocycles. The Morgan fingerprint density at radius 1 is 1.32 bits per heavy atom. The molecular formula is C13H8Cl2N2OS. The van der Waals surface area contributed by atoms with Crippen molar-refractivity contribution in [2.45, 2.75) is 6.42 Å². The van der Waals surface area contributed by atoms with Crippen LogP contribution in [0.15, 0.2) is 30.3 Å². The maximum absolute atomic E-state index is 12.0. The van der Waals surface area contributed by atoms with E-state index in [1.807, 2.05) is 0 Å². The Kier molecular flexibility index (Phi) is 4.43. The fourth-order valence-electron chi connectivity index (χ4n) is 1.49. The van der Waals surface area contributed by atoms with E-state index in [-0.39, 0.29) is 5.91 Å². The highest BCUT2D eigenvalue weighted by Crippen LogP contribution is 2.31. The zero-order chi connectivity index (χ0) is 13.8. The monoisotopic (exact) mass is 310 g/mol. The number of hydrogen-bond donors (Lipinski definition) is 1. The summed E-state index contributed by atoms with van der Waals surface area (Å²) < 4.78 is 0.836. The third-order valence-corrected chi connectivity index (χ3v) is 3.88. The normalized spacial score (nSPS) is 9.95. The minimum absolute atomic E-state index is 0.304. The number of carbonyl (C=O) groups excluding carboxylic acids is 1. The molecule has 1 aromatic carbocycles. The summed E-state index contributed by atoms with van der Waals surface area (Å²) in [5, 5.41) is 11.3. The van der Waals surface area contributed by atoms with Crippen LogP contribution in [0.1, 0.15) is 15.9 Å². The first-order valence-electron chi connectivity index (χ1n) is 5.32. The number of nitrogens with zero attached hydrogens (tertiary/aromatic N) is 1. The van der Waals surface area contributed by atoms with Gasteiger partial charge < -0.3 is 5.32 Å². The van der Waals surface area contributed by atoms with Gasteiger partial charge in [-0.3, -0.25) is 4.79 Å². The molecule has 19 heavy (non-hydrogen) atoms. The molecule has 0 aliphatic rings. The molecular weight excluding hydrogens is 303 g/mol. The van der Waals surface area contributed by atoms with Crippen LogP contribution < -0.4 is 5.32 Å². The van der Waals surface area contributed by atoms with Gasteiger partial charge in [0.25, 0.3) is 5.91 Å². The minimum atomic E-state index is -0.304. The van der Waals surface area contributed by atoms with E-state index in [1.165, 1.54) is 6.07 Å². The van der Waals surface area contributed by atoms with Crippen LogP contribution in [-0.2, 0) is 6.42 Å². The third-order valence-electron chi connectivity index (χ3n) is 2.40. The van der Waals surface area contributed by atoms with E-state index >= 15 is 0 Å². The standard InChI is InChI=1S/C13H8Cl2N2OS/c14-11-7-10(12(15)19-11)13(18)17-9-3-1-8(2-4-9)5-6-16/h1-4,7H,5H2,(H,17,18). The maximum Gasteiger partial charge on any atom is 0.258 e. The van der Waals surface area contributed by atoms with E-state index in [2.05, 4.69) is 11.4 Å². The number of nitrogens with one attached hydrogen (secondary N) is 1. The molecule has 0 spiro atoms. The topological polar surface area (TPSA) is 52.9 Å². The fourth-order valence-corrected chi connectivity index (χ4v) is 2.95. The predicted octanol–water partition coefficient (Wildman–Crippen LogP) is 4.37. The number of anilines is 1. The summed E-state index contributed by atoms with van der Waals surface area (Å²) in [5.41, 5.74) is 1.90. The highest BCUT2D eigenvalue weighted by atomic mass is 35.5. The first kappa shape index (κ1) is 13.9. The number of rotatable bonds is 3. The molecule has 1 heterocycles. The lowest BCUT2D eigenvalue weighted by Gasteiger charge is -2.04. The molecule has 2 aromatic rings. The van der Waals surface area contributed by atoms with Crippen molar-refractivity contribution in [3.8, 4) is 6.07 Å². The number of nitriles is 1. The SMILES string of the molecule is N#CCc1ccc(NC(=O)c2cc(Cl)sc2Cl)cc1. The van der Waals surface area contributed by atoms with Crippen LogP contribution in [-0.4, -0.2) is 5.91 Å². The van der Waals surface area contributed by atoms with Crippen molar-refractivity contribution in [1.29, 1.82) is 5.26 Å². The van der Waals surface area contributed by atoms with Gasteiger partial charge in [-0.15, -0.1) is 11.3 Å². The van der Waals surface area contributed by atoms with Gasteiger partial charge in [-0.1, -0.05) is 35.3 Å². The Morgan fingerprint density at radius 3 is 2.53 bits per heavy atom. The summed E-state index contributed by atoms with van der Waals surface area (Å²) in [5.74, 6) is -0.304. The smallest absolute Gasteiger partial charge is 0.258 e. The number of hydrogen-bond acceptors (Lipinski definition) is 3. The van der Waals surface area contributed by atoms with Gasteiger partial charge in [0, 0.05) is 5.69 Å². The molecule has 0 saturated heterocycles. The van der Waals surface area contributed by atoms with Gasteiger partial charge in [-0.25, -0.2) is 0 Å². The van der Waals surface area contributed by atoms with Crippen molar-refractivity contribution in [3.63, 3.8) is 0 Å². The van der Waals surface area contributed by atoms with Gasteiger partial charge >= 0.3 is 0 Å². The molecule has 96 valence electrons. The van der Waals surface area contributed by atoms with E-state index in [0.29, 0.717) is 26.3 Å². The molecule has 0 atom stereocenters. The number of carbonyl (C=O) groups is 1. The van der Waals surface area contributed by atoms with Crippen molar-refractivity contribution in [2.75, 3.05) is 5.32 Å². The molecule has 1 amide bonds. The van der Waals surface area contributed by atoms with Gasteiger partial charge in [0.1, 0.15) is 4.34 Å². The van der Waals surface area contributed by atoms with E-state index in [0.717, 1.165) is 16.9 Å². The first-order chi connectivity index (χ1) is 9.10. The van der Waals surface area contributed by atoms with Crippen LogP contribution in [0.5, 0.6) is 0 Å². The first-order valence-corrected chi connectivity index (χ1v) is 6.89. The lowest BCUT2D eigenvalue weighted by Crippen LogP contribution is -2.11. The number of thiophene rings is 1. The quantitative estimate of drug-likeness (QED) is 0.915. The van der Waals surface area contributed by atoms with Gasteiger partial charge in [-0.05, 0) is 23.8 Å². The van der Waals surface area contributed by atoms with Crippen LogP contribution in [0.25, 0.3) is 0 Å². The molecule has 0 aliphatic heterocycles. The fraction of sp³-hybridized carbons (Fsp3) is 0.0769. The Morgan fingerprint density at radius 2 is 2.00 bits per heavy atom. The Hall–Kier alpha value is -1.54. The molecule has 0 unspecified atom stereocenters. The molecule has 6 heteroatoms. The zero-order valence-electron chi connectivity index (χ0n) is 9.61. The number of benzene rings is 1. The number of amides is 1. The molecule has 0 saturated carbocycles. The summed E-state index contributed by atoms with van der Waals surface area (Å²) in [6, 6.07) is 10.7. The molecule has 3 nitrogen and oxygen atoms in total. The molecule has 0 bridgehead atoms. The van der Waals surface area contributed by atoms with Crippen molar-refractivity contribution in [1.82, 2.24) is 0 Å². The average molecular weight is 311 g/mol. The predicted molar refractivity (Wildman–Crippen MR) is 78.1 cm³/mol. The van der Waals surface area contributed by atoms with Gasteiger partial charge in [-0.2, -0.15) is 5.26 Å². The van der Waals surface area contributed by atoms with Gasteiger partial charge in [0.2, 0.25) is 0 Å². The Bertz CT molecular complexity index is 644. The van der Waals surface area contributed by atoms with Crippen molar-refractivity contribution in [2.24, 2.45) is 0 Å². The van der Waals surface area contributed by atoms with Crippen molar-refractivity contribution >= 4 is 46.1 Å². The number of halogens is 2. The van der Waals surface area contributed by atoms with Crippen molar-refractivity contribution < 1.29 is 4.79 Å². The summed E-state index contributed by atoms with van der Waals surface area (Å²) >= 11 is 12.9. The third kappa shape index (κ3) is 3.48. The van der Waals surface area contributed by atoms with Gasteiger partial charge in [0.05, 0.1) is 22.4 Å². The van der Waals surface area contributed by atoms with E-state index < -0.39 is 0 Å². The van der Waals surface area contributed by atoms with Crippen LogP contribution >= 0.6 is 34.5 Å².